The standard InChI is InChI=1S/C18H26F4N4O2S.HI/c1-3-23-17(25-16-6-7-26(10-16)12-18(20,21)22)24-9-14-8-15(19)5-4-13(14)11-29(2,27)28;/h4-5,8,16H,3,6-7,9-12H2,1-2H3,(H2,23,24,25);1H. The van der Waals surface area contributed by atoms with Crippen LogP contribution in [0, 0.1) is 5.82 Å². The number of aliphatic imine (C=N–C) groups is 1. The summed E-state index contributed by atoms with van der Waals surface area (Å²) >= 11 is 0. The molecular weight excluding hydrogens is 539 g/mol. The highest BCUT2D eigenvalue weighted by molar-refractivity contribution is 14.0. The van der Waals surface area contributed by atoms with Gasteiger partial charge in [-0.1, -0.05) is 6.07 Å². The lowest BCUT2D eigenvalue weighted by molar-refractivity contribution is -0.143. The highest BCUT2D eigenvalue weighted by atomic mass is 127. The van der Waals surface area contributed by atoms with Crippen LogP contribution < -0.4 is 10.6 Å². The number of rotatable bonds is 7. The molecule has 1 aliphatic rings. The minimum absolute atomic E-state index is 0. The second kappa shape index (κ2) is 11.5. The Hall–Kier alpha value is -1.15. The number of guanidine groups is 1. The molecule has 12 heteroatoms. The number of sulfone groups is 1. The molecule has 2 rings (SSSR count). The first-order chi connectivity index (χ1) is 13.4. The number of hydrogen-bond donors (Lipinski definition) is 2. The minimum Gasteiger partial charge on any atom is -0.357 e. The van der Waals surface area contributed by atoms with E-state index in [-0.39, 0.29) is 48.9 Å². The lowest BCUT2D eigenvalue weighted by atomic mass is 10.1. The van der Waals surface area contributed by atoms with Gasteiger partial charge in [0.15, 0.2) is 15.8 Å². The van der Waals surface area contributed by atoms with Crippen molar-refractivity contribution in [1.82, 2.24) is 15.5 Å². The van der Waals surface area contributed by atoms with Gasteiger partial charge in [0.25, 0.3) is 0 Å². The third-order valence-corrected chi connectivity index (χ3v) is 5.19. The third-order valence-electron chi connectivity index (χ3n) is 4.35. The SMILES string of the molecule is CCNC(=NCc1cc(F)ccc1CS(C)(=O)=O)NC1CCN(CC(F)(F)F)C1.I. The molecule has 0 radical (unpaired) electrons. The Balaban J connectivity index is 0.00000450. The monoisotopic (exact) mass is 566 g/mol. The van der Waals surface area contributed by atoms with E-state index in [0.717, 1.165) is 6.26 Å². The number of halogens is 5. The highest BCUT2D eigenvalue weighted by Crippen LogP contribution is 2.20. The number of nitrogens with zero attached hydrogens (tertiary/aromatic N) is 2. The van der Waals surface area contributed by atoms with Gasteiger partial charge in [0, 0.05) is 31.9 Å². The molecule has 1 unspecified atom stereocenters. The highest BCUT2D eigenvalue weighted by Gasteiger charge is 2.34. The molecule has 0 bridgehead atoms. The predicted molar refractivity (Wildman–Crippen MR) is 119 cm³/mol. The first-order valence-electron chi connectivity index (χ1n) is 9.24. The maximum absolute atomic E-state index is 13.6. The molecule has 1 fully saturated rings. The summed E-state index contributed by atoms with van der Waals surface area (Å²) in [4.78, 5) is 5.70. The van der Waals surface area contributed by atoms with Crippen LogP contribution in [0.3, 0.4) is 0 Å². The summed E-state index contributed by atoms with van der Waals surface area (Å²) in [6.45, 7) is 2.04. The molecule has 1 aromatic rings. The van der Waals surface area contributed by atoms with Crippen molar-refractivity contribution in [2.75, 3.05) is 32.4 Å². The number of likely N-dealkylation sites (tertiary alicyclic amines) is 1. The van der Waals surface area contributed by atoms with Gasteiger partial charge in [0.1, 0.15) is 5.82 Å². The quantitative estimate of drug-likeness (QED) is 0.230. The van der Waals surface area contributed by atoms with E-state index < -0.39 is 28.4 Å². The lowest BCUT2D eigenvalue weighted by Gasteiger charge is -2.20. The van der Waals surface area contributed by atoms with Crippen molar-refractivity contribution >= 4 is 39.8 Å². The molecule has 0 amide bonds. The van der Waals surface area contributed by atoms with E-state index in [1.807, 2.05) is 6.92 Å². The number of benzene rings is 1. The van der Waals surface area contributed by atoms with Gasteiger partial charge in [-0.15, -0.1) is 24.0 Å². The number of alkyl halides is 3. The van der Waals surface area contributed by atoms with Crippen molar-refractivity contribution in [3.63, 3.8) is 0 Å². The van der Waals surface area contributed by atoms with E-state index in [0.29, 0.717) is 36.6 Å². The fraction of sp³-hybridized carbons (Fsp3) is 0.611. The van der Waals surface area contributed by atoms with Gasteiger partial charge in [-0.3, -0.25) is 4.90 Å². The summed E-state index contributed by atoms with van der Waals surface area (Å²) in [6, 6.07) is 3.67. The van der Waals surface area contributed by atoms with Crippen molar-refractivity contribution in [3.8, 4) is 0 Å². The Bertz CT molecular complexity index is 834. The Morgan fingerprint density at radius 1 is 1.30 bits per heavy atom. The first-order valence-corrected chi connectivity index (χ1v) is 11.3. The lowest BCUT2D eigenvalue weighted by Crippen LogP contribution is -2.45. The van der Waals surface area contributed by atoms with Crippen molar-refractivity contribution in [1.29, 1.82) is 0 Å². The maximum atomic E-state index is 13.6. The van der Waals surface area contributed by atoms with E-state index in [1.165, 1.54) is 23.1 Å². The topological polar surface area (TPSA) is 73.8 Å². The molecular formula is C18H27F4IN4O2S. The molecule has 1 heterocycles. The van der Waals surface area contributed by atoms with Gasteiger partial charge in [0.05, 0.1) is 18.8 Å². The summed E-state index contributed by atoms with van der Waals surface area (Å²) in [5, 5.41) is 6.11. The van der Waals surface area contributed by atoms with Crippen LogP contribution in [0.25, 0.3) is 0 Å². The molecule has 1 atom stereocenters. The van der Waals surface area contributed by atoms with Crippen LogP contribution >= 0.6 is 24.0 Å². The fourth-order valence-corrected chi connectivity index (χ4v) is 4.04. The van der Waals surface area contributed by atoms with Crippen molar-refractivity contribution < 1.29 is 26.0 Å². The average Bonchev–Trinajstić information content (AvgIpc) is 2.98. The number of nitrogens with one attached hydrogen (secondary N) is 2. The van der Waals surface area contributed by atoms with Gasteiger partial charge >= 0.3 is 6.18 Å². The molecule has 0 aromatic heterocycles. The molecule has 1 aromatic carbocycles. The normalized spacial score (nSPS) is 18.2. The maximum Gasteiger partial charge on any atom is 0.401 e. The largest absolute Gasteiger partial charge is 0.401 e. The van der Waals surface area contributed by atoms with E-state index in [2.05, 4.69) is 15.6 Å². The molecule has 30 heavy (non-hydrogen) atoms. The predicted octanol–water partition coefficient (Wildman–Crippen LogP) is 2.68. The van der Waals surface area contributed by atoms with Gasteiger partial charge in [-0.2, -0.15) is 13.2 Å². The third kappa shape index (κ3) is 9.77. The molecule has 1 saturated heterocycles. The van der Waals surface area contributed by atoms with Gasteiger partial charge in [0.2, 0.25) is 0 Å². The summed E-state index contributed by atoms with van der Waals surface area (Å²) in [5.41, 5.74) is 0.906. The Morgan fingerprint density at radius 2 is 2.00 bits per heavy atom. The smallest absolute Gasteiger partial charge is 0.357 e. The molecule has 1 aliphatic heterocycles. The van der Waals surface area contributed by atoms with Crippen molar-refractivity contribution in [2.45, 2.75) is 37.9 Å². The van der Waals surface area contributed by atoms with Crippen LogP contribution in [-0.2, 0) is 22.1 Å². The van der Waals surface area contributed by atoms with Crippen LogP contribution in [0.5, 0.6) is 0 Å². The summed E-state index contributed by atoms with van der Waals surface area (Å²) < 4.78 is 74.5. The summed E-state index contributed by atoms with van der Waals surface area (Å²) in [6.07, 6.45) is -2.59. The molecule has 0 spiro atoms. The van der Waals surface area contributed by atoms with E-state index in [4.69, 9.17) is 0 Å². The van der Waals surface area contributed by atoms with Crippen LogP contribution in [0.1, 0.15) is 24.5 Å². The van der Waals surface area contributed by atoms with Crippen LogP contribution in [0.4, 0.5) is 17.6 Å². The summed E-state index contributed by atoms with van der Waals surface area (Å²) in [5.74, 6) is -0.332. The van der Waals surface area contributed by atoms with Crippen LogP contribution in [-0.4, -0.2) is 63.9 Å². The zero-order valence-corrected chi connectivity index (χ0v) is 19.9. The molecule has 6 nitrogen and oxygen atoms in total. The van der Waals surface area contributed by atoms with Crippen LogP contribution in [0.15, 0.2) is 23.2 Å². The van der Waals surface area contributed by atoms with E-state index in [1.54, 1.807) is 0 Å². The molecule has 2 N–H and O–H groups in total. The summed E-state index contributed by atoms with van der Waals surface area (Å²) in [7, 11) is -3.30. The molecule has 0 saturated carbocycles. The van der Waals surface area contributed by atoms with Crippen molar-refractivity contribution in [3.05, 3.63) is 35.1 Å². The zero-order valence-electron chi connectivity index (χ0n) is 16.8. The Morgan fingerprint density at radius 3 is 2.60 bits per heavy atom. The second-order valence-corrected chi connectivity index (χ2v) is 9.30. The Kier molecular flexibility index (Phi) is 10.3. The average molecular weight is 566 g/mol. The zero-order chi connectivity index (χ0) is 21.7. The van der Waals surface area contributed by atoms with Gasteiger partial charge in [-0.25, -0.2) is 17.8 Å². The van der Waals surface area contributed by atoms with Crippen molar-refractivity contribution in [2.24, 2.45) is 4.99 Å². The minimum atomic E-state index is -4.24. The molecule has 172 valence electrons. The van der Waals surface area contributed by atoms with Crippen LogP contribution in [0.2, 0.25) is 0 Å². The van der Waals surface area contributed by atoms with Gasteiger partial charge < -0.3 is 10.6 Å². The number of hydrogen-bond acceptors (Lipinski definition) is 4. The Labute approximate surface area is 191 Å². The fourth-order valence-electron chi connectivity index (χ4n) is 3.19. The van der Waals surface area contributed by atoms with E-state index in [9.17, 15) is 26.0 Å². The van der Waals surface area contributed by atoms with E-state index >= 15 is 0 Å². The second-order valence-electron chi connectivity index (χ2n) is 7.16. The van der Waals surface area contributed by atoms with Gasteiger partial charge in [-0.05, 0) is 36.6 Å². The first kappa shape index (κ1) is 26.9. The molecule has 0 aliphatic carbocycles.